The van der Waals surface area contributed by atoms with Crippen LogP contribution < -0.4 is 5.32 Å². The second-order valence-corrected chi connectivity index (χ2v) is 6.85. The lowest BCUT2D eigenvalue weighted by atomic mass is 9.96. The molecule has 1 fully saturated rings. The van der Waals surface area contributed by atoms with Crippen molar-refractivity contribution in [3.63, 3.8) is 0 Å². The number of hydrogen-bond donors (Lipinski definition) is 1. The molecular weight excluding hydrogens is 296 g/mol. The van der Waals surface area contributed by atoms with Gasteiger partial charge >= 0.3 is 0 Å². The molecule has 2 aromatic rings. The van der Waals surface area contributed by atoms with E-state index < -0.39 is 0 Å². The number of anilines is 1. The van der Waals surface area contributed by atoms with Gasteiger partial charge in [0.05, 0.1) is 5.92 Å². The number of hydrogen-bond acceptors (Lipinski definition) is 2. The summed E-state index contributed by atoms with van der Waals surface area (Å²) < 4.78 is 0. The van der Waals surface area contributed by atoms with E-state index in [1.807, 2.05) is 12.1 Å². The molecule has 1 aliphatic heterocycles. The quantitative estimate of drug-likeness (QED) is 0.917. The Labute approximate surface area is 144 Å². The van der Waals surface area contributed by atoms with Crippen LogP contribution in [0.5, 0.6) is 0 Å². The summed E-state index contributed by atoms with van der Waals surface area (Å²) in [7, 11) is 0. The summed E-state index contributed by atoms with van der Waals surface area (Å²) in [5, 5.41) is 3.10. The Morgan fingerprint density at radius 1 is 1.12 bits per heavy atom. The van der Waals surface area contributed by atoms with Gasteiger partial charge in [0.1, 0.15) is 0 Å². The van der Waals surface area contributed by atoms with E-state index in [9.17, 15) is 4.79 Å². The van der Waals surface area contributed by atoms with Crippen molar-refractivity contribution >= 4 is 11.6 Å². The van der Waals surface area contributed by atoms with E-state index in [2.05, 4.69) is 60.5 Å². The highest BCUT2D eigenvalue weighted by Gasteiger charge is 2.25. The van der Waals surface area contributed by atoms with Gasteiger partial charge < -0.3 is 5.32 Å². The Kier molecular flexibility index (Phi) is 5.31. The number of rotatable bonds is 4. The van der Waals surface area contributed by atoms with Crippen molar-refractivity contribution in [3.05, 3.63) is 65.2 Å². The zero-order valence-corrected chi connectivity index (χ0v) is 14.6. The van der Waals surface area contributed by atoms with E-state index in [1.54, 1.807) is 0 Å². The topological polar surface area (TPSA) is 32.3 Å². The average Bonchev–Trinajstić information content (AvgIpc) is 2.59. The van der Waals surface area contributed by atoms with E-state index in [-0.39, 0.29) is 11.8 Å². The molecule has 1 N–H and O–H groups in total. The fraction of sp³-hybridized carbons (Fsp3) is 0.381. The van der Waals surface area contributed by atoms with Crippen molar-refractivity contribution in [1.29, 1.82) is 0 Å². The van der Waals surface area contributed by atoms with Gasteiger partial charge in [0, 0.05) is 18.8 Å². The minimum atomic E-state index is 0.0732. The first kappa shape index (κ1) is 16.7. The molecule has 3 nitrogen and oxygen atoms in total. The number of likely N-dealkylation sites (tertiary alicyclic amines) is 1. The first-order valence-corrected chi connectivity index (χ1v) is 8.76. The fourth-order valence-electron chi connectivity index (χ4n) is 3.32. The maximum absolute atomic E-state index is 12.6. The zero-order chi connectivity index (χ0) is 16.9. The number of amides is 1. The van der Waals surface area contributed by atoms with Crippen molar-refractivity contribution in [2.24, 2.45) is 5.92 Å². The molecule has 0 spiro atoms. The van der Waals surface area contributed by atoms with Crippen molar-refractivity contribution in [1.82, 2.24) is 4.90 Å². The molecule has 0 radical (unpaired) electrons. The maximum atomic E-state index is 12.6. The molecule has 24 heavy (non-hydrogen) atoms. The number of nitrogens with zero attached hydrogens (tertiary/aromatic N) is 1. The summed E-state index contributed by atoms with van der Waals surface area (Å²) in [4.78, 5) is 15.0. The van der Waals surface area contributed by atoms with Crippen LogP contribution in [0.1, 0.15) is 29.5 Å². The van der Waals surface area contributed by atoms with Gasteiger partial charge in [0.2, 0.25) is 5.91 Å². The van der Waals surface area contributed by atoms with E-state index in [1.165, 1.54) is 16.7 Å². The van der Waals surface area contributed by atoms with Crippen LogP contribution in [-0.2, 0) is 11.3 Å². The van der Waals surface area contributed by atoms with Crippen LogP contribution in [0, 0.1) is 19.8 Å². The van der Waals surface area contributed by atoms with Crippen LogP contribution in [0.2, 0.25) is 0 Å². The molecule has 3 rings (SSSR count). The minimum absolute atomic E-state index is 0.0732. The Morgan fingerprint density at radius 3 is 2.67 bits per heavy atom. The maximum Gasteiger partial charge on any atom is 0.228 e. The number of piperidine rings is 1. The van der Waals surface area contributed by atoms with Crippen LogP contribution >= 0.6 is 0 Å². The molecule has 1 atom stereocenters. The van der Waals surface area contributed by atoms with Gasteiger partial charge in [-0.1, -0.05) is 36.4 Å². The van der Waals surface area contributed by atoms with Gasteiger partial charge in [-0.2, -0.15) is 0 Å². The van der Waals surface area contributed by atoms with Gasteiger partial charge in [-0.25, -0.2) is 0 Å². The molecule has 1 aliphatic rings. The number of aryl methyl sites for hydroxylation is 2. The van der Waals surface area contributed by atoms with Gasteiger partial charge in [-0.15, -0.1) is 0 Å². The predicted molar refractivity (Wildman–Crippen MR) is 99.0 cm³/mol. The Balaban J connectivity index is 1.59. The molecule has 0 unspecified atom stereocenters. The SMILES string of the molecule is Cc1ccc(NC(=O)[C@@H]2CCCN(Cc3ccccc3)C2)cc1C. The Morgan fingerprint density at radius 2 is 1.92 bits per heavy atom. The molecular formula is C21H26N2O. The van der Waals surface area contributed by atoms with E-state index in [4.69, 9.17) is 0 Å². The molecule has 3 heteroatoms. The molecule has 2 aromatic carbocycles. The number of carbonyl (C=O) groups is 1. The molecule has 0 bridgehead atoms. The summed E-state index contributed by atoms with van der Waals surface area (Å²) in [5.74, 6) is 0.222. The summed E-state index contributed by atoms with van der Waals surface area (Å²) in [6, 6.07) is 16.6. The zero-order valence-electron chi connectivity index (χ0n) is 14.6. The lowest BCUT2D eigenvalue weighted by molar-refractivity contribution is -0.121. The highest BCUT2D eigenvalue weighted by atomic mass is 16.1. The molecule has 0 saturated carbocycles. The first-order valence-electron chi connectivity index (χ1n) is 8.76. The third-order valence-corrected chi connectivity index (χ3v) is 4.90. The third kappa shape index (κ3) is 4.24. The summed E-state index contributed by atoms with van der Waals surface area (Å²) >= 11 is 0. The Hall–Kier alpha value is -2.13. The molecule has 0 aliphatic carbocycles. The largest absolute Gasteiger partial charge is 0.326 e. The molecule has 1 amide bonds. The van der Waals surface area contributed by atoms with E-state index in [0.717, 1.165) is 38.2 Å². The molecule has 0 aromatic heterocycles. The van der Waals surface area contributed by atoms with Gasteiger partial charge in [0.15, 0.2) is 0 Å². The first-order chi connectivity index (χ1) is 11.6. The van der Waals surface area contributed by atoms with Crippen LogP contribution in [-0.4, -0.2) is 23.9 Å². The second kappa shape index (κ2) is 7.63. The van der Waals surface area contributed by atoms with Crippen molar-refractivity contribution in [3.8, 4) is 0 Å². The predicted octanol–water partition coefficient (Wildman–Crippen LogP) is 4.15. The van der Waals surface area contributed by atoms with Crippen LogP contribution in [0.15, 0.2) is 48.5 Å². The lowest BCUT2D eigenvalue weighted by Gasteiger charge is -2.32. The van der Waals surface area contributed by atoms with Crippen LogP contribution in [0.25, 0.3) is 0 Å². The third-order valence-electron chi connectivity index (χ3n) is 4.90. The summed E-state index contributed by atoms with van der Waals surface area (Å²) in [6.07, 6.45) is 2.06. The molecule has 1 saturated heterocycles. The standard InChI is InChI=1S/C21H26N2O/c1-16-10-11-20(13-17(16)2)22-21(24)19-9-6-12-23(15-19)14-18-7-4-3-5-8-18/h3-5,7-8,10-11,13,19H,6,9,12,14-15H2,1-2H3,(H,22,24)/t19-/m1/s1. The van der Waals surface area contributed by atoms with Gasteiger partial charge in [0.25, 0.3) is 0 Å². The number of nitrogens with one attached hydrogen (secondary N) is 1. The van der Waals surface area contributed by atoms with Gasteiger partial charge in [-0.3, -0.25) is 9.69 Å². The monoisotopic (exact) mass is 322 g/mol. The number of benzene rings is 2. The molecule has 1 heterocycles. The highest BCUT2D eigenvalue weighted by molar-refractivity contribution is 5.92. The normalized spacial score (nSPS) is 18.3. The van der Waals surface area contributed by atoms with Crippen molar-refractivity contribution in [2.75, 3.05) is 18.4 Å². The van der Waals surface area contributed by atoms with Crippen LogP contribution in [0.4, 0.5) is 5.69 Å². The fourth-order valence-corrected chi connectivity index (χ4v) is 3.32. The minimum Gasteiger partial charge on any atom is -0.326 e. The van der Waals surface area contributed by atoms with Crippen molar-refractivity contribution < 1.29 is 4.79 Å². The van der Waals surface area contributed by atoms with Crippen LogP contribution in [0.3, 0.4) is 0 Å². The van der Waals surface area contributed by atoms with E-state index >= 15 is 0 Å². The highest BCUT2D eigenvalue weighted by Crippen LogP contribution is 2.21. The summed E-state index contributed by atoms with van der Waals surface area (Å²) in [6.45, 7) is 7.00. The lowest BCUT2D eigenvalue weighted by Crippen LogP contribution is -2.40. The number of carbonyl (C=O) groups excluding carboxylic acids is 1. The molecule has 126 valence electrons. The van der Waals surface area contributed by atoms with E-state index in [0.29, 0.717) is 0 Å². The summed E-state index contributed by atoms with van der Waals surface area (Å²) in [5.41, 5.74) is 4.68. The Bertz CT molecular complexity index is 696. The second-order valence-electron chi connectivity index (χ2n) is 6.85. The van der Waals surface area contributed by atoms with Gasteiger partial charge in [-0.05, 0) is 62.1 Å². The average molecular weight is 322 g/mol. The van der Waals surface area contributed by atoms with Crippen molar-refractivity contribution in [2.45, 2.75) is 33.2 Å². The smallest absolute Gasteiger partial charge is 0.228 e.